The lowest BCUT2D eigenvalue weighted by molar-refractivity contribution is 0.281. The fourth-order valence-electron chi connectivity index (χ4n) is 0.700. The number of pyridine rings is 1. The van der Waals surface area contributed by atoms with Crippen molar-refractivity contribution in [2.45, 2.75) is 13.3 Å². The highest BCUT2D eigenvalue weighted by Gasteiger charge is 1.93. The summed E-state index contributed by atoms with van der Waals surface area (Å²) in [5, 5.41) is 8.61. The zero-order valence-corrected chi connectivity index (χ0v) is 5.42. The maximum atomic E-state index is 11.9. The zero-order chi connectivity index (χ0) is 7.40. The molecule has 0 spiro atoms. The summed E-state index contributed by atoms with van der Waals surface area (Å²) in [4.78, 5) is 3.72. The highest BCUT2D eigenvalue weighted by atomic mass is 19.1. The molecule has 0 radical (unpaired) electrons. The van der Waals surface area contributed by atoms with E-state index in [4.69, 9.17) is 5.11 Å². The number of hydrogen-bond donors (Lipinski definition) is 1. The van der Waals surface area contributed by atoms with Crippen molar-refractivity contribution >= 4 is 0 Å². The van der Waals surface area contributed by atoms with Crippen LogP contribution in [0.4, 0.5) is 4.39 Å². The van der Waals surface area contributed by atoms with Crippen molar-refractivity contribution in [1.82, 2.24) is 4.98 Å². The third kappa shape index (κ3) is 1.51. The molecule has 10 heavy (non-hydrogen) atoms. The second-order valence-corrected chi connectivity index (χ2v) is 1.95. The topological polar surface area (TPSA) is 33.1 Å². The van der Waals surface area contributed by atoms with Crippen LogP contribution in [0.3, 0.4) is 0 Å². The standard InChI is InChI=1S/C7H8FNO/c8-4-7-3-6(5-10)1-2-9-7/h1-3,10H,4-5H2. The quantitative estimate of drug-likeness (QED) is 0.667. The van der Waals surface area contributed by atoms with E-state index in [0.29, 0.717) is 11.3 Å². The number of rotatable bonds is 2. The summed E-state index contributed by atoms with van der Waals surface area (Å²) in [6.07, 6.45) is 1.49. The SMILES string of the molecule is OCc1ccnc(CF)c1. The van der Waals surface area contributed by atoms with E-state index in [1.165, 1.54) is 6.20 Å². The number of alkyl halides is 1. The molecule has 0 atom stereocenters. The largest absolute Gasteiger partial charge is 0.392 e. The van der Waals surface area contributed by atoms with Crippen LogP contribution in [-0.4, -0.2) is 10.1 Å². The normalized spacial score (nSPS) is 9.80. The summed E-state index contributed by atoms with van der Waals surface area (Å²) in [5.74, 6) is 0. The summed E-state index contributed by atoms with van der Waals surface area (Å²) in [7, 11) is 0. The molecule has 0 aliphatic carbocycles. The number of aromatic nitrogens is 1. The lowest BCUT2D eigenvalue weighted by atomic mass is 10.2. The molecule has 1 rings (SSSR count). The van der Waals surface area contributed by atoms with E-state index < -0.39 is 6.67 Å². The van der Waals surface area contributed by atoms with E-state index in [1.807, 2.05) is 0 Å². The molecule has 0 saturated carbocycles. The van der Waals surface area contributed by atoms with Crippen molar-refractivity contribution in [1.29, 1.82) is 0 Å². The average molecular weight is 141 g/mol. The summed E-state index contributed by atoms with van der Waals surface area (Å²) < 4.78 is 11.9. The van der Waals surface area contributed by atoms with Crippen LogP contribution in [0.2, 0.25) is 0 Å². The van der Waals surface area contributed by atoms with Gasteiger partial charge >= 0.3 is 0 Å². The second-order valence-electron chi connectivity index (χ2n) is 1.95. The lowest BCUT2D eigenvalue weighted by Gasteiger charge is -1.95. The van der Waals surface area contributed by atoms with Gasteiger partial charge in [0.25, 0.3) is 0 Å². The number of nitrogens with zero attached hydrogens (tertiary/aromatic N) is 1. The number of aliphatic hydroxyl groups is 1. The van der Waals surface area contributed by atoms with E-state index in [-0.39, 0.29) is 6.61 Å². The number of hydrogen-bond acceptors (Lipinski definition) is 2. The van der Waals surface area contributed by atoms with Gasteiger partial charge in [-0.1, -0.05) is 0 Å². The monoisotopic (exact) mass is 141 g/mol. The Morgan fingerprint density at radius 1 is 1.60 bits per heavy atom. The smallest absolute Gasteiger partial charge is 0.131 e. The average Bonchev–Trinajstić information content (AvgIpc) is 2.05. The Kier molecular flexibility index (Phi) is 2.34. The fraction of sp³-hybridized carbons (Fsp3) is 0.286. The van der Waals surface area contributed by atoms with Gasteiger partial charge in [0.1, 0.15) is 6.67 Å². The molecule has 0 aliphatic rings. The minimum Gasteiger partial charge on any atom is -0.392 e. The van der Waals surface area contributed by atoms with Gasteiger partial charge in [-0.25, -0.2) is 4.39 Å². The molecule has 0 amide bonds. The van der Waals surface area contributed by atoms with Crippen LogP contribution in [0, 0.1) is 0 Å². The van der Waals surface area contributed by atoms with Crippen molar-refractivity contribution in [3.8, 4) is 0 Å². The Bertz CT molecular complexity index is 195. The first kappa shape index (κ1) is 7.15. The molecular weight excluding hydrogens is 133 g/mol. The van der Waals surface area contributed by atoms with Crippen molar-refractivity contribution < 1.29 is 9.50 Å². The van der Waals surface area contributed by atoms with Gasteiger partial charge < -0.3 is 5.11 Å². The maximum Gasteiger partial charge on any atom is 0.131 e. The predicted octanol–water partition coefficient (Wildman–Crippen LogP) is 1.04. The zero-order valence-electron chi connectivity index (χ0n) is 5.42. The van der Waals surface area contributed by atoms with E-state index in [2.05, 4.69) is 4.98 Å². The van der Waals surface area contributed by atoms with Gasteiger partial charge in [0.2, 0.25) is 0 Å². The molecule has 0 unspecified atom stereocenters. The Labute approximate surface area is 58.3 Å². The van der Waals surface area contributed by atoms with Crippen molar-refractivity contribution in [2.75, 3.05) is 0 Å². The summed E-state index contributed by atoms with van der Waals surface area (Å²) in [6, 6.07) is 3.19. The first-order valence-corrected chi connectivity index (χ1v) is 2.97. The third-order valence-corrected chi connectivity index (χ3v) is 1.20. The molecule has 0 aromatic carbocycles. The highest BCUT2D eigenvalue weighted by molar-refractivity contribution is 5.14. The number of halogens is 1. The minimum absolute atomic E-state index is 0.0600. The van der Waals surface area contributed by atoms with Crippen LogP contribution >= 0.6 is 0 Å². The van der Waals surface area contributed by atoms with Crippen molar-refractivity contribution in [3.63, 3.8) is 0 Å². The third-order valence-electron chi connectivity index (χ3n) is 1.20. The van der Waals surface area contributed by atoms with E-state index in [9.17, 15) is 4.39 Å². The molecule has 0 bridgehead atoms. The van der Waals surface area contributed by atoms with Crippen LogP contribution in [-0.2, 0) is 13.3 Å². The van der Waals surface area contributed by atoms with E-state index >= 15 is 0 Å². The van der Waals surface area contributed by atoms with Crippen LogP contribution in [0.25, 0.3) is 0 Å². The molecule has 1 aromatic rings. The fourth-order valence-corrected chi connectivity index (χ4v) is 0.700. The van der Waals surface area contributed by atoms with Gasteiger partial charge in [0.05, 0.1) is 12.3 Å². The van der Waals surface area contributed by atoms with E-state index in [1.54, 1.807) is 12.1 Å². The van der Waals surface area contributed by atoms with Gasteiger partial charge in [-0.2, -0.15) is 0 Å². The molecule has 0 saturated heterocycles. The van der Waals surface area contributed by atoms with Crippen LogP contribution in [0.15, 0.2) is 18.3 Å². The molecule has 0 fully saturated rings. The summed E-state index contributed by atoms with van der Waals surface area (Å²) >= 11 is 0. The van der Waals surface area contributed by atoms with Crippen LogP contribution < -0.4 is 0 Å². The lowest BCUT2D eigenvalue weighted by Crippen LogP contribution is -1.88. The molecule has 2 nitrogen and oxygen atoms in total. The Morgan fingerprint density at radius 3 is 3.00 bits per heavy atom. The van der Waals surface area contributed by atoms with Gasteiger partial charge in [0, 0.05) is 6.20 Å². The molecule has 54 valence electrons. The van der Waals surface area contributed by atoms with Crippen molar-refractivity contribution in [2.24, 2.45) is 0 Å². The molecule has 1 N–H and O–H groups in total. The highest BCUT2D eigenvalue weighted by Crippen LogP contribution is 2.02. The molecule has 0 aliphatic heterocycles. The number of aliphatic hydroxyl groups excluding tert-OH is 1. The molecule has 1 heterocycles. The Morgan fingerprint density at radius 2 is 2.40 bits per heavy atom. The molecule has 1 aromatic heterocycles. The molecular formula is C7H8FNO. The van der Waals surface area contributed by atoms with E-state index in [0.717, 1.165) is 0 Å². The van der Waals surface area contributed by atoms with Gasteiger partial charge in [0.15, 0.2) is 0 Å². The summed E-state index contributed by atoms with van der Waals surface area (Å²) in [6.45, 7) is -0.636. The van der Waals surface area contributed by atoms with Gasteiger partial charge in [-0.05, 0) is 17.7 Å². The Hall–Kier alpha value is -0.960. The molecule has 3 heteroatoms. The first-order chi connectivity index (χ1) is 4.86. The summed E-state index contributed by atoms with van der Waals surface area (Å²) in [5.41, 5.74) is 1.06. The maximum absolute atomic E-state index is 11.9. The van der Waals surface area contributed by atoms with Gasteiger partial charge in [-0.15, -0.1) is 0 Å². The van der Waals surface area contributed by atoms with Gasteiger partial charge in [-0.3, -0.25) is 4.98 Å². The van der Waals surface area contributed by atoms with Crippen molar-refractivity contribution in [3.05, 3.63) is 29.6 Å². The predicted molar refractivity (Wildman–Crippen MR) is 35.0 cm³/mol. The van der Waals surface area contributed by atoms with Crippen LogP contribution in [0.1, 0.15) is 11.3 Å². The Balaban J connectivity index is 2.87. The van der Waals surface area contributed by atoms with Crippen LogP contribution in [0.5, 0.6) is 0 Å². The first-order valence-electron chi connectivity index (χ1n) is 2.97. The second kappa shape index (κ2) is 3.27. The minimum atomic E-state index is -0.576.